The highest BCUT2D eigenvalue weighted by Crippen LogP contribution is 2.74. The van der Waals surface area contributed by atoms with E-state index in [1.165, 1.54) is 18.4 Å². The van der Waals surface area contributed by atoms with Crippen LogP contribution in [0.2, 0.25) is 0 Å². The summed E-state index contributed by atoms with van der Waals surface area (Å²) in [7, 11) is 0. The van der Waals surface area contributed by atoms with Gasteiger partial charge in [-0.05, 0) is 53.4 Å². The fourth-order valence-electron chi connectivity index (χ4n) is 5.02. The van der Waals surface area contributed by atoms with Crippen LogP contribution in [0.1, 0.15) is 47.0 Å². The zero-order valence-electron chi connectivity index (χ0n) is 11.0. The topological polar surface area (TPSA) is 20.2 Å². The van der Waals surface area contributed by atoms with Crippen molar-refractivity contribution in [3.63, 3.8) is 0 Å². The predicted molar refractivity (Wildman–Crippen MR) is 66.0 cm³/mol. The minimum Gasteiger partial charge on any atom is -0.389 e. The lowest BCUT2D eigenvalue weighted by Crippen LogP contribution is -2.41. The number of aliphatic hydroxyl groups excluding tert-OH is 1. The van der Waals surface area contributed by atoms with Gasteiger partial charge in [0.2, 0.25) is 0 Å². The molecule has 0 aliphatic heterocycles. The van der Waals surface area contributed by atoms with E-state index in [2.05, 4.69) is 33.8 Å². The van der Waals surface area contributed by atoms with Crippen LogP contribution in [0, 0.1) is 28.6 Å². The maximum atomic E-state index is 10.3. The molecule has 0 saturated heterocycles. The highest BCUT2D eigenvalue weighted by atomic mass is 16.3. The number of hydrogen-bond donors (Lipinski definition) is 1. The number of hydrogen-bond acceptors (Lipinski definition) is 1. The van der Waals surface area contributed by atoms with Gasteiger partial charge < -0.3 is 5.11 Å². The second kappa shape index (κ2) is 2.93. The molecule has 3 aliphatic rings. The van der Waals surface area contributed by atoms with Crippen molar-refractivity contribution in [1.82, 2.24) is 0 Å². The molecule has 0 amide bonds. The largest absolute Gasteiger partial charge is 0.389 e. The molecule has 0 heterocycles. The smallest absolute Gasteiger partial charge is 0.0758 e. The third-order valence-corrected chi connectivity index (χ3v) is 6.14. The van der Waals surface area contributed by atoms with Crippen molar-refractivity contribution in [3.8, 4) is 0 Å². The van der Waals surface area contributed by atoms with Gasteiger partial charge in [0.1, 0.15) is 0 Å². The fraction of sp³-hybridized carbons (Fsp3) is 0.867. The summed E-state index contributed by atoms with van der Waals surface area (Å²) < 4.78 is 0. The molecule has 5 atom stereocenters. The van der Waals surface area contributed by atoms with E-state index in [1.807, 2.05) is 0 Å². The lowest BCUT2D eigenvalue weighted by Gasteiger charge is -2.46. The fourth-order valence-corrected chi connectivity index (χ4v) is 5.02. The summed E-state index contributed by atoms with van der Waals surface area (Å²) in [6.45, 7) is 9.59. The van der Waals surface area contributed by atoms with Gasteiger partial charge in [-0.25, -0.2) is 0 Å². The van der Waals surface area contributed by atoms with E-state index in [1.54, 1.807) is 0 Å². The molecule has 0 aromatic carbocycles. The van der Waals surface area contributed by atoms with Crippen molar-refractivity contribution in [2.45, 2.75) is 53.1 Å². The van der Waals surface area contributed by atoms with Crippen molar-refractivity contribution in [3.05, 3.63) is 11.6 Å². The summed E-state index contributed by atoms with van der Waals surface area (Å²) in [5.41, 5.74) is 2.11. The number of fused-ring (bicyclic) bond motifs is 3. The van der Waals surface area contributed by atoms with Crippen LogP contribution in [0.15, 0.2) is 11.6 Å². The number of rotatable bonds is 0. The lowest BCUT2D eigenvalue weighted by molar-refractivity contribution is 0.0729. The van der Waals surface area contributed by atoms with Crippen LogP contribution >= 0.6 is 0 Å². The molecule has 16 heavy (non-hydrogen) atoms. The van der Waals surface area contributed by atoms with Gasteiger partial charge in [-0.3, -0.25) is 0 Å². The minimum atomic E-state index is -0.157. The highest BCUT2D eigenvalue weighted by Gasteiger charge is 2.70. The third kappa shape index (κ3) is 1.06. The standard InChI is InChI=1S/C15H24O/c1-9-6-5-7-10-12(16)8-11-13(14(11,2)3)15(9,10)4/h7,9,11-13,16H,5-6,8H2,1-4H3/t9-,11-,12+,13+,15+/m1/s1. The summed E-state index contributed by atoms with van der Waals surface area (Å²) in [5, 5.41) is 10.3. The summed E-state index contributed by atoms with van der Waals surface area (Å²) in [4.78, 5) is 0. The van der Waals surface area contributed by atoms with Gasteiger partial charge in [0.05, 0.1) is 6.10 Å². The van der Waals surface area contributed by atoms with Gasteiger partial charge in [0.15, 0.2) is 0 Å². The Morgan fingerprint density at radius 1 is 1.31 bits per heavy atom. The second-order valence-electron chi connectivity index (χ2n) is 7.08. The van der Waals surface area contributed by atoms with Crippen LogP contribution in [0.5, 0.6) is 0 Å². The lowest BCUT2D eigenvalue weighted by atomic mass is 9.59. The van der Waals surface area contributed by atoms with Gasteiger partial charge >= 0.3 is 0 Å². The van der Waals surface area contributed by atoms with Crippen molar-refractivity contribution >= 4 is 0 Å². The molecule has 3 aliphatic carbocycles. The monoisotopic (exact) mass is 220 g/mol. The Morgan fingerprint density at radius 3 is 2.69 bits per heavy atom. The molecule has 0 unspecified atom stereocenters. The summed E-state index contributed by atoms with van der Waals surface area (Å²) in [6, 6.07) is 0. The number of aliphatic hydroxyl groups is 1. The maximum absolute atomic E-state index is 10.3. The molecule has 1 N–H and O–H groups in total. The van der Waals surface area contributed by atoms with Gasteiger partial charge in [-0.1, -0.05) is 33.8 Å². The van der Waals surface area contributed by atoms with E-state index in [0.717, 1.165) is 24.2 Å². The van der Waals surface area contributed by atoms with E-state index in [0.29, 0.717) is 5.41 Å². The molecule has 2 saturated carbocycles. The molecule has 2 fully saturated rings. The quantitative estimate of drug-likeness (QED) is 0.620. The van der Waals surface area contributed by atoms with Crippen molar-refractivity contribution in [2.75, 3.05) is 0 Å². The van der Waals surface area contributed by atoms with Gasteiger partial charge in [0.25, 0.3) is 0 Å². The SMILES string of the molecule is C[C@@H]1CCC=C2[C@@H](O)C[C@@H]3[C@@H](C3(C)C)[C@]21C. The van der Waals surface area contributed by atoms with E-state index in [-0.39, 0.29) is 11.5 Å². The molecule has 0 radical (unpaired) electrons. The molecule has 0 aromatic heterocycles. The molecular weight excluding hydrogens is 196 g/mol. The highest BCUT2D eigenvalue weighted by molar-refractivity contribution is 5.34. The molecule has 90 valence electrons. The molecule has 0 bridgehead atoms. The first-order valence-corrected chi connectivity index (χ1v) is 6.78. The van der Waals surface area contributed by atoms with Crippen molar-refractivity contribution in [2.24, 2.45) is 28.6 Å². The molecule has 0 spiro atoms. The van der Waals surface area contributed by atoms with Crippen LogP contribution in [-0.4, -0.2) is 11.2 Å². The van der Waals surface area contributed by atoms with E-state index in [4.69, 9.17) is 0 Å². The second-order valence-corrected chi connectivity index (χ2v) is 7.08. The Morgan fingerprint density at radius 2 is 2.00 bits per heavy atom. The Labute approximate surface area is 98.9 Å². The Kier molecular flexibility index (Phi) is 1.98. The first-order valence-electron chi connectivity index (χ1n) is 6.78. The number of allylic oxidation sites excluding steroid dienone is 1. The minimum absolute atomic E-state index is 0.157. The molecule has 1 nitrogen and oxygen atoms in total. The Balaban J connectivity index is 2.07. The van der Waals surface area contributed by atoms with Crippen LogP contribution in [0.4, 0.5) is 0 Å². The predicted octanol–water partition coefficient (Wildman–Crippen LogP) is 3.39. The summed E-state index contributed by atoms with van der Waals surface area (Å²) in [6.07, 6.45) is 5.66. The van der Waals surface area contributed by atoms with Crippen molar-refractivity contribution < 1.29 is 5.11 Å². The normalized spacial score (nSPS) is 53.7. The van der Waals surface area contributed by atoms with E-state index in [9.17, 15) is 5.11 Å². The zero-order valence-corrected chi connectivity index (χ0v) is 11.0. The first-order chi connectivity index (χ1) is 7.40. The van der Waals surface area contributed by atoms with Crippen LogP contribution < -0.4 is 0 Å². The molecule has 3 rings (SSSR count). The van der Waals surface area contributed by atoms with Crippen LogP contribution in [-0.2, 0) is 0 Å². The maximum Gasteiger partial charge on any atom is 0.0758 e. The van der Waals surface area contributed by atoms with Crippen molar-refractivity contribution in [1.29, 1.82) is 0 Å². The van der Waals surface area contributed by atoms with Gasteiger partial charge in [-0.2, -0.15) is 0 Å². The van der Waals surface area contributed by atoms with E-state index < -0.39 is 0 Å². The molecular formula is C15H24O. The third-order valence-electron chi connectivity index (χ3n) is 6.14. The van der Waals surface area contributed by atoms with Gasteiger partial charge in [-0.15, -0.1) is 0 Å². The average Bonchev–Trinajstić information content (AvgIpc) is 2.73. The Hall–Kier alpha value is -0.300. The molecule has 1 heteroatoms. The summed E-state index contributed by atoms with van der Waals surface area (Å²) in [5.74, 6) is 2.30. The Bertz CT molecular complexity index is 354. The molecule has 0 aromatic rings. The van der Waals surface area contributed by atoms with E-state index >= 15 is 0 Å². The zero-order chi connectivity index (χ0) is 11.7. The first kappa shape index (κ1) is 10.8. The van der Waals surface area contributed by atoms with Crippen LogP contribution in [0.3, 0.4) is 0 Å². The van der Waals surface area contributed by atoms with Gasteiger partial charge in [0, 0.05) is 0 Å². The average molecular weight is 220 g/mol. The van der Waals surface area contributed by atoms with Crippen LogP contribution in [0.25, 0.3) is 0 Å². The summed E-state index contributed by atoms with van der Waals surface area (Å²) >= 11 is 0.